The van der Waals surface area contributed by atoms with Crippen molar-refractivity contribution in [1.82, 2.24) is 25.7 Å². The van der Waals surface area contributed by atoms with Crippen LogP contribution >= 0.6 is 15.9 Å². The zero-order valence-electron chi connectivity index (χ0n) is 21.8. The second kappa shape index (κ2) is 15.6. The molecule has 0 radical (unpaired) electrons. The number of imide groups is 2. The highest BCUT2D eigenvalue weighted by Crippen LogP contribution is 2.15. The number of rotatable bonds is 15. The lowest BCUT2D eigenvalue weighted by atomic mass is 10.1. The van der Waals surface area contributed by atoms with Gasteiger partial charge in [-0.25, -0.2) is 9.59 Å². The Balaban J connectivity index is 2.12. The molecule has 2 fully saturated rings. The number of nitrogens with zero attached hydrogens (tertiary/aromatic N) is 3. The largest absolute Gasteiger partial charge is 0.355 e. The predicted octanol–water partition coefficient (Wildman–Crippen LogP) is -1.54. The first-order chi connectivity index (χ1) is 19.0. The van der Waals surface area contributed by atoms with Crippen LogP contribution in [0.1, 0.15) is 51.9 Å². The van der Waals surface area contributed by atoms with Crippen molar-refractivity contribution in [2.24, 2.45) is 5.92 Å². The molecule has 2 aliphatic heterocycles. The second-order valence-corrected chi connectivity index (χ2v) is 9.27. The van der Waals surface area contributed by atoms with Crippen LogP contribution < -0.4 is 10.6 Å². The maximum atomic E-state index is 13.4. The van der Waals surface area contributed by atoms with Crippen molar-refractivity contribution in [3.05, 3.63) is 0 Å². The number of hydrogen-bond donors (Lipinski definition) is 2. The van der Waals surface area contributed by atoms with Crippen molar-refractivity contribution < 1.29 is 52.8 Å². The molecular formula is C23H30BrN5O11. The Morgan fingerprint density at radius 3 is 1.55 bits per heavy atom. The van der Waals surface area contributed by atoms with Crippen molar-refractivity contribution in [3.8, 4) is 0 Å². The van der Waals surface area contributed by atoms with Crippen LogP contribution in [0, 0.1) is 5.92 Å². The standard InChI is InChI=1S/C23H30BrN5O11/c1-2-15(30)25-12-14(13-26-16(31)11-24)23(38)27(9-7-21(36)39-28-17(32)3-4-18(28)33)10-8-22(37)40-29-19(34)5-6-20(29)35/h14H,2-13H2,1H3,(H,25,30)(H,26,31). The molecule has 40 heavy (non-hydrogen) atoms. The molecule has 0 bridgehead atoms. The van der Waals surface area contributed by atoms with Gasteiger partial charge in [0.25, 0.3) is 23.6 Å². The van der Waals surface area contributed by atoms with E-state index in [9.17, 15) is 43.2 Å². The topological polar surface area (TPSA) is 206 Å². The summed E-state index contributed by atoms with van der Waals surface area (Å²) in [4.78, 5) is 119. The molecule has 220 valence electrons. The molecule has 0 aromatic rings. The van der Waals surface area contributed by atoms with Crippen molar-refractivity contribution in [1.29, 1.82) is 0 Å². The Morgan fingerprint density at radius 1 is 0.775 bits per heavy atom. The van der Waals surface area contributed by atoms with Crippen LogP contribution in [0.25, 0.3) is 0 Å². The molecular weight excluding hydrogens is 602 g/mol. The van der Waals surface area contributed by atoms with Gasteiger partial charge in [-0.15, -0.1) is 10.1 Å². The van der Waals surface area contributed by atoms with E-state index in [2.05, 4.69) is 26.6 Å². The fourth-order valence-corrected chi connectivity index (χ4v) is 3.74. The molecule has 2 saturated heterocycles. The highest BCUT2D eigenvalue weighted by molar-refractivity contribution is 9.09. The minimum atomic E-state index is -1.01. The Bertz CT molecular complexity index is 960. The summed E-state index contributed by atoms with van der Waals surface area (Å²) in [6, 6.07) is 0. The second-order valence-electron chi connectivity index (χ2n) is 8.71. The van der Waals surface area contributed by atoms with Crippen LogP contribution in [0.5, 0.6) is 0 Å². The summed E-state index contributed by atoms with van der Waals surface area (Å²) < 4.78 is 0. The van der Waals surface area contributed by atoms with Crippen molar-refractivity contribution >= 4 is 69.2 Å². The van der Waals surface area contributed by atoms with Gasteiger partial charge in [0.2, 0.25) is 17.7 Å². The van der Waals surface area contributed by atoms with Crippen LogP contribution in [0.3, 0.4) is 0 Å². The molecule has 2 rings (SSSR count). The molecule has 1 atom stereocenters. The third-order valence-electron chi connectivity index (χ3n) is 5.76. The average molecular weight is 632 g/mol. The van der Waals surface area contributed by atoms with Crippen LogP contribution in [-0.4, -0.2) is 99.8 Å². The first-order valence-corrected chi connectivity index (χ1v) is 13.6. The molecule has 0 aromatic carbocycles. The zero-order valence-corrected chi connectivity index (χ0v) is 23.4. The van der Waals surface area contributed by atoms with E-state index in [0.29, 0.717) is 10.1 Å². The van der Waals surface area contributed by atoms with Gasteiger partial charge < -0.3 is 25.2 Å². The smallest absolute Gasteiger partial charge is 0.334 e. The minimum absolute atomic E-state index is 0.0431. The van der Waals surface area contributed by atoms with Crippen LogP contribution in [0.15, 0.2) is 0 Å². The van der Waals surface area contributed by atoms with E-state index in [1.807, 2.05) is 0 Å². The normalized spacial score (nSPS) is 15.7. The first-order valence-electron chi connectivity index (χ1n) is 12.5. The molecule has 2 N–H and O–H groups in total. The molecule has 16 nitrogen and oxygen atoms in total. The molecule has 0 saturated carbocycles. The lowest BCUT2D eigenvalue weighted by Gasteiger charge is -2.27. The fourth-order valence-electron chi connectivity index (χ4n) is 3.55. The third kappa shape index (κ3) is 9.69. The maximum absolute atomic E-state index is 13.4. The molecule has 17 heteroatoms. The highest BCUT2D eigenvalue weighted by Gasteiger charge is 2.35. The number of amides is 7. The maximum Gasteiger partial charge on any atom is 0.334 e. The molecule has 2 heterocycles. The Kier molecular flexibility index (Phi) is 12.6. The van der Waals surface area contributed by atoms with Crippen LogP contribution in [-0.2, 0) is 52.8 Å². The van der Waals surface area contributed by atoms with E-state index >= 15 is 0 Å². The summed E-state index contributed by atoms with van der Waals surface area (Å²) in [6.07, 6.45) is -1.25. The van der Waals surface area contributed by atoms with E-state index in [4.69, 9.17) is 9.68 Å². The van der Waals surface area contributed by atoms with Gasteiger partial charge in [0.1, 0.15) is 0 Å². The van der Waals surface area contributed by atoms with Gasteiger partial charge in [-0.2, -0.15) is 0 Å². The lowest BCUT2D eigenvalue weighted by Crippen LogP contribution is -2.48. The quantitative estimate of drug-likeness (QED) is 0.156. The number of carbonyl (C=O) groups excluding carboxylic acids is 9. The molecule has 1 unspecified atom stereocenters. The van der Waals surface area contributed by atoms with Crippen LogP contribution in [0.4, 0.5) is 0 Å². The summed E-state index contributed by atoms with van der Waals surface area (Å²) in [7, 11) is 0. The molecule has 0 aromatic heterocycles. The van der Waals surface area contributed by atoms with Gasteiger partial charge in [0, 0.05) is 58.3 Å². The van der Waals surface area contributed by atoms with Gasteiger partial charge >= 0.3 is 11.9 Å². The van der Waals surface area contributed by atoms with E-state index in [1.165, 1.54) is 0 Å². The van der Waals surface area contributed by atoms with E-state index < -0.39 is 66.1 Å². The first kappa shape index (κ1) is 32.3. The monoisotopic (exact) mass is 631 g/mol. The number of hydrogen-bond acceptors (Lipinski definition) is 11. The lowest BCUT2D eigenvalue weighted by molar-refractivity contribution is -0.198. The summed E-state index contributed by atoms with van der Waals surface area (Å²) in [5.41, 5.74) is 0. The van der Waals surface area contributed by atoms with Gasteiger partial charge in [-0.1, -0.05) is 22.9 Å². The third-order valence-corrected chi connectivity index (χ3v) is 6.27. The molecule has 2 aliphatic rings. The van der Waals surface area contributed by atoms with Crippen molar-refractivity contribution in [3.63, 3.8) is 0 Å². The number of alkyl halides is 1. The fraction of sp³-hybridized carbons (Fsp3) is 0.609. The minimum Gasteiger partial charge on any atom is -0.355 e. The Hall–Kier alpha value is -3.89. The summed E-state index contributed by atoms with van der Waals surface area (Å²) in [5.74, 6) is -7.20. The van der Waals surface area contributed by atoms with Crippen molar-refractivity contribution in [2.75, 3.05) is 31.5 Å². The average Bonchev–Trinajstić information content (AvgIpc) is 3.42. The van der Waals surface area contributed by atoms with E-state index in [0.717, 1.165) is 4.90 Å². The number of halogens is 1. The molecule has 0 spiro atoms. The number of hydroxylamine groups is 4. The molecule has 7 amide bonds. The Labute approximate surface area is 237 Å². The summed E-state index contributed by atoms with van der Waals surface area (Å²) >= 11 is 2.99. The van der Waals surface area contributed by atoms with Crippen LogP contribution in [0.2, 0.25) is 0 Å². The van der Waals surface area contributed by atoms with Gasteiger partial charge in [-0.05, 0) is 0 Å². The zero-order chi connectivity index (χ0) is 29.8. The van der Waals surface area contributed by atoms with E-state index in [1.54, 1.807) is 6.92 Å². The van der Waals surface area contributed by atoms with Gasteiger partial charge in [0.05, 0.1) is 24.1 Å². The van der Waals surface area contributed by atoms with E-state index in [-0.39, 0.29) is 69.5 Å². The van der Waals surface area contributed by atoms with Crippen molar-refractivity contribution in [2.45, 2.75) is 51.9 Å². The highest BCUT2D eigenvalue weighted by atomic mass is 79.9. The number of carbonyl (C=O) groups is 9. The number of nitrogens with one attached hydrogen (secondary N) is 2. The molecule has 0 aliphatic carbocycles. The van der Waals surface area contributed by atoms with Gasteiger partial charge in [0.15, 0.2) is 0 Å². The SMILES string of the molecule is CCC(=O)NCC(CNC(=O)CBr)C(=O)N(CCC(=O)ON1C(=O)CCC1=O)CCC(=O)ON1C(=O)CCC1=O. The summed E-state index contributed by atoms with van der Waals surface area (Å²) in [5, 5.41) is 5.75. The summed E-state index contributed by atoms with van der Waals surface area (Å²) in [6.45, 7) is 0.563. The van der Waals surface area contributed by atoms with Gasteiger partial charge in [-0.3, -0.25) is 33.6 Å². The Morgan fingerprint density at radius 2 is 1.18 bits per heavy atom. The predicted molar refractivity (Wildman–Crippen MR) is 134 cm³/mol.